The molecule has 1 N–H and O–H groups in total. The highest BCUT2D eigenvalue weighted by Crippen LogP contribution is 2.44. The quantitative estimate of drug-likeness (QED) is 0.619. The Labute approximate surface area is 195 Å². The van der Waals surface area contributed by atoms with E-state index in [0.717, 1.165) is 28.7 Å². The zero-order chi connectivity index (χ0) is 23.3. The molecule has 0 spiro atoms. The third kappa shape index (κ3) is 5.24. The van der Waals surface area contributed by atoms with Crippen LogP contribution in [0, 0.1) is 0 Å². The van der Waals surface area contributed by atoms with Crippen molar-refractivity contribution in [2.24, 2.45) is 4.99 Å². The van der Waals surface area contributed by atoms with Gasteiger partial charge in [-0.2, -0.15) is 0 Å². The number of allylic oxidation sites excluding steroid dienone is 1. The van der Waals surface area contributed by atoms with Gasteiger partial charge in [0, 0.05) is 31.9 Å². The maximum absolute atomic E-state index is 13.5. The van der Waals surface area contributed by atoms with E-state index in [1.165, 1.54) is 11.8 Å². The van der Waals surface area contributed by atoms with E-state index in [2.05, 4.69) is 10.2 Å². The van der Waals surface area contributed by atoms with Crippen LogP contribution in [0.2, 0.25) is 0 Å². The molecule has 1 aromatic carbocycles. The molecule has 8 heteroatoms. The second-order valence-electron chi connectivity index (χ2n) is 8.11. The van der Waals surface area contributed by atoms with Crippen molar-refractivity contribution >= 4 is 28.7 Å². The Morgan fingerprint density at radius 1 is 1.16 bits per heavy atom. The fraction of sp³-hybridized carbons (Fsp3) is 0.458. The molecule has 32 heavy (non-hydrogen) atoms. The summed E-state index contributed by atoms with van der Waals surface area (Å²) in [6, 6.07) is 9.69. The Morgan fingerprint density at radius 2 is 1.84 bits per heavy atom. The van der Waals surface area contributed by atoms with Gasteiger partial charge in [0.2, 0.25) is 5.91 Å². The van der Waals surface area contributed by atoms with Gasteiger partial charge in [-0.05, 0) is 45.8 Å². The maximum Gasteiger partial charge on any atom is 0.254 e. The molecule has 0 aliphatic carbocycles. The third-order valence-electron chi connectivity index (χ3n) is 5.62. The normalized spacial score (nSPS) is 17.8. The number of amidine groups is 1. The zero-order valence-electron chi connectivity index (χ0n) is 19.6. The number of carbonyl (C=O) groups excluding carboxylic acids is 2. The predicted octanol–water partition coefficient (Wildman–Crippen LogP) is 3.20. The average Bonchev–Trinajstić information content (AvgIpc) is 3.15. The summed E-state index contributed by atoms with van der Waals surface area (Å²) in [5.74, 6) is -0.0366. The minimum atomic E-state index is -0.312. The largest absolute Gasteiger partial charge is 0.354 e. The summed E-state index contributed by atoms with van der Waals surface area (Å²) < 4.78 is 0. The number of likely N-dealkylation sites (N-methyl/N-ethyl adjacent to an activating group) is 2. The molecule has 7 nitrogen and oxygen atoms in total. The van der Waals surface area contributed by atoms with Crippen molar-refractivity contribution in [1.29, 1.82) is 0 Å². The first-order valence-electron chi connectivity index (χ1n) is 11.1. The van der Waals surface area contributed by atoms with Crippen LogP contribution < -0.4 is 5.32 Å². The van der Waals surface area contributed by atoms with Gasteiger partial charge in [0.05, 0.1) is 23.7 Å². The van der Waals surface area contributed by atoms with E-state index in [-0.39, 0.29) is 24.3 Å². The topological polar surface area (TPSA) is 68.2 Å². The summed E-state index contributed by atoms with van der Waals surface area (Å²) in [5, 5.41) is 5.78. The van der Waals surface area contributed by atoms with Crippen molar-refractivity contribution in [2.45, 2.75) is 33.2 Å². The minimum absolute atomic E-state index is 0.00385. The first-order valence-corrected chi connectivity index (χ1v) is 11.9. The molecule has 172 valence electrons. The molecule has 2 aliphatic rings. The van der Waals surface area contributed by atoms with Crippen molar-refractivity contribution in [3.8, 4) is 0 Å². The van der Waals surface area contributed by atoms with E-state index in [9.17, 15) is 9.59 Å². The second kappa shape index (κ2) is 10.8. The van der Waals surface area contributed by atoms with Gasteiger partial charge in [-0.1, -0.05) is 42.1 Å². The van der Waals surface area contributed by atoms with Gasteiger partial charge in [0.1, 0.15) is 0 Å². The number of hydrogen-bond donors (Lipinski definition) is 1. The number of carbonyl (C=O) groups is 2. The van der Waals surface area contributed by atoms with Crippen LogP contribution in [0.25, 0.3) is 0 Å². The molecule has 1 atom stereocenters. The van der Waals surface area contributed by atoms with Gasteiger partial charge in [-0.25, -0.2) is 4.99 Å². The summed E-state index contributed by atoms with van der Waals surface area (Å²) in [6.45, 7) is 8.53. The lowest BCUT2D eigenvalue weighted by molar-refractivity contribution is -0.127. The van der Waals surface area contributed by atoms with Crippen LogP contribution in [0.1, 0.15) is 38.8 Å². The number of hydrogen-bond acceptors (Lipinski definition) is 6. The molecule has 0 saturated heterocycles. The van der Waals surface area contributed by atoms with Gasteiger partial charge in [-0.3, -0.25) is 9.59 Å². The molecule has 0 fully saturated rings. The number of benzene rings is 1. The molecular formula is C24H33N5O2S. The van der Waals surface area contributed by atoms with Crippen molar-refractivity contribution in [1.82, 2.24) is 20.0 Å². The predicted molar refractivity (Wildman–Crippen MR) is 131 cm³/mol. The lowest BCUT2D eigenvalue weighted by Gasteiger charge is -2.38. The number of fused-ring (bicyclic) bond motifs is 1. The van der Waals surface area contributed by atoms with Gasteiger partial charge in [-0.15, -0.1) is 0 Å². The lowest BCUT2D eigenvalue weighted by atomic mass is 9.92. The van der Waals surface area contributed by atoms with E-state index in [4.69, 9.17) is 4.99 Å². The number of aliphatic imine (C=N–C) groups is 1. The summed E-state index contributed by atoms with van der Waals surface area (Å²) in [6.07, 6.45) is 0.245. The summed E-state index contributed by atoms with van der Waals surface area (Å²) >= 11 is 1.51. The highest BCUT2D eigenvalue weighted by molar-refractivity contribution is 8.16. The Balaban J connectivity index is 1.93. The van der Waals surface area contributed by atoms with Crippen molar-refractivity contribution < 1.29 is 9.59 Å². The van der Waals surface area contributed by atoms with Crippen LogP contribution in [0.3, 0.4) is 0 Å². The minimum Gasteiger partial charge on any atom is -0.354 e. The van der Waals surface area contributed by atoms with Crippen LogP contribution >= 0.6 is 11.8 Å². The molecule has 3 rings (SSSR count). The molecule has 0 radical (unpaired) electrons. The Bertz CT molecular complexity index is 935. The molecule has 1 unspecified atom stereocenters. The van der Waals surface area contributed by atoms with Crippen LogP contribution in [-0.2, 0) is 9.59 Å². The maximum atomic E-state index is 13.5. The van der Waals surface area contributed by atoms with E-state index in [0.29, 0.717) is 25.2 Å². The first kappa shape index (κ1) is 24.1. The van der Waals surface area contributed by atoms with Gasteiger partial charge in [0.15, 0.2) is 5.17 Å². The van der Waals surface area contributed by atoms with E-state index in [1.54, 1.807) is 0 Å². The summed E-state index contributed by atoms with van der Waals surface area (Å²) in [5.41, 5.74) is 3.28. The monoisotopic (exact) mass is 455 g/mol. The molecule has 2 aliphatic heterocycles. The first-order chi connectivity index (χ1) is 15.4. The summed E-state index contributed by atoms with van der Waals surface area (Å²) in [4.78, 5) is 36.9. The summed E-state index contributed by atoms with van der Waals surface area (Å²) in [7, 11) is 3.96. The number of thioether (sulfide) groups is 1. The fourth-order valence-electron chi connectivity index (χ4n) is 3.92. The van der Waals surface area contributed by atoms with Gasteiger partial charge >= 0.3 is 0 Å². The molecular weight excluding hydrogens is 422 g/mol. The Hall–Kier alpha value is -2.58. The van der Waals surface area contributed by atoms with Gasteiger partial charge in [0.25, 0.3) is 5.91 Å². The van der Waals surface area contributed by atoms with Crippen LogP contribution in [0.4, 0.5) is 0 Å². The molecule has 2 heterocycles. The highest BCUT2D eigenvalue weighted by Gasteiger charge is 2.41. The van der Waals surface area contributed by atoms with E-state index >= 15 is 0 Å². The van der Waals surface area contributed by atoms with Crippen molar-refractivity contribution in [2.75, 3.05) is 40.3 Å². The third-order valence-corrected chi connectivity index (χ3v) is 6.51. The number of amides is 2. The van der Waals surface area contributed by atoms with E-state index in [1.807, 2.05) is 80.4 Å². The zero-order valence-corrected chi connectivity index (χ0v) is 20.4. The van der Waals surface area contributed by atoms with Crippen LogP contribution in [0.5, 0.6) is 0 Å². The molecule has 2 amide bonds. The molecule has 1 aromatic rings. The van der Waals surface area contributed by atoms with E-state index < -0.39 is 0 Å². The Kier molecular flexibility index (Phi) is 8.15. The average molecular weight is 456 g/mol. The molecule has 0 bridgehead atoms. The van der Waals surface area contributed by atoms with Crippen molar-refractivity contribution in [3.63, 3.8) is 0 Å². The van der Waals surface area contributed by atoms with Crippen molar-refractivity contribution in [3.05, 3.63) is 58.3 Å². The number of rotatable bonds is 9. The smallest absolute Gasteiger partial charge is 0.254 e. The molecule has 0 aromatic heterocycles. The second-order valence-corrected chi connectivity index (χ2v) is 8.95. The number of nitrogens with zero attached hydrogens (tertiary/aromatic N) is 4. The van der Waals surface area contributed by atoms with Crippen LogP contribution in [-0.4, -0.2) is 72.0 Å². The van der Waals surface area contributed by atoms with Gasteiger partial charge < -0.3 is 20.0 Å². The number of nitrogens with one attached hydrogen (secondary N) is 1. The molecule has 0 saturated carbocycles. The van der Waals surface area contributed by atoms with Crippen LogP contribution in [0.15, 0.2) is 57.7 Å². The lowest BCUT2D eigenvalue weighted by Crippen LogP contribution is -2.42. The Morgan fingerprint density at radius 3 is 2.47 bits per heavy atom. The standard InChI is InChI=1S/C24H33N5O2S/c1-6-28(7-2)23(31)21-17(3)26-24-29(22(21)18-11-9-8-10-12-18)19(16-32-24)15-20(30)25-13-14-27(4)5/h8-12,16,22H,6-7,13-15H2,1-5H3,(H,25,30). The SMILES string of the molecule is CCN(CC)C(=O)C1=C(C)N=C2SC=C(CC(=O)NCCN(C)C)N2C1c1ccccc1. The highest BCUT2D eigenvalue weighted by atomic mass is 32.2. The fourth-order valence-corrected chi connectivity index (χ4v) is 4.89.